The lowest BCUT2D eigenvalue weighted by atomic mass is 9.93. The summed E-state index contributed by atoms with van der Waals surface area (Å²) in [6.45, 7) is 4.73. The number of hydrogen-bond acceptors (Lipinski definition) is 3. The van der Waals surface area contributed by atoms with Crippen molar-refractivity contribution in [2.24, 2.45) is 5.92 Å². The van der Waals surface area contributed by atoms with Gasteiger partial charge in [-0.2, -0.15) is 0 Å². The third-order valence-corrected chi connectivity index (χ3v) is 4.24. The molecular formula is C17H20N2O. The molecule has 1 aliphatic rings. The number of likely N-dealkylation sites (tertiary alicyclic amines) is 1. The molecule has 0 aliphatic carbocycles. The van der Waals surface area contributed by atoms with Crippen LogP contribution in [0.5, 0.6) is 0 Å². The average molecular weight is 268 g/mol. The van der Waals surface area contributed by atoms with Crippen LogP contribution in [0.25, 0.3) is 10.9 Å². The van der Waals surface area contributed by atoms with E-state index in [0.717, 1.165) is 38.0 Å². The zero-order valence-electron chi connectivity index (χ0n) is 11.9. The van der Waals surface area contributed by atoms with E-state index in [1.54, 1.807) is 6.92 Å². The lowest BCUT2D eigenvalue weighted by molar-refractivity contribution is -0.122. The third kappa shape index (κ3) is 2.88. The number of piperidine rings is 1. The van der Waals surface area contributed by atoms with Crippen molar-refractivity contribution in [3.05, 3.63) is 42.1 Å². The molecule has 2 heterocycles. The van der Waals surface area contributed by atoms with E-state index < -0.39 is 0 Å². The predicted molar refractivity (Wildman–Crippen MR) is 80.4 cm³/mol. The minimum Gasteiger partial charge on any atom is -0.300 e. The van der Waals surface area contributed by atoms with Crippen LogP contribution >= 0.6 is 0 Å². The van der Waals surface area contributed by atoms with Crippen LogP contribution in [0.1, 0.15) is 25.3 Å². The van der Waals surface area contributed by atoms with Crippen molar-refractivity contribution < 1.29 is 4.79 Å². The van der Waals surface area contributed by atoms with Gasteiger partial charge < -0.3 is 0 Å². The molecular weight excluding hydrogens is 248 g/mol. The lowest BCUT2D eigenvalue weighted by Crippen LogP contribution is -2.35. The van der Waals surface area contributed by atoms with Gasteiger partial charge in [0, 0.05) is 24.0 Å². The average Bonchev–Trinajstić information content (AvgIpc) is 2.48. The Morgan fingerprint density at radius 2 is 2.10 bits per heavy atom. The first-order valence-electron chi connectivity index (χ1n) is 7.29. The van der Waals surface area contributed by atoms with E-state index in [2.05, 4.69) is 34.1 Å². The van der Waals surface area contributed by atoms with Crippen molar-refractivity contribution in [3.63, 3.8) is 0 Å². The van der Waals surface area contributed by atoms with Crippen LogP contribution in [0.2, 0.25) is 0 Å². The largest absolute Gasteiger partial charge is 0.300 e. The van der Waals surface area contributed by atoms with E-state index in [1.165, 1.54) is 10.9 Å². The third-order valence-electron chi connectivity index (χ3n) is 4.24. The van der Waals surface area contributed by atoms with Crippen LogP contribution in [-0.4, -0.2) is 28.8 Å². The van der Waals surface area contributed by atoms with E-state index in [1.807, 2.05) is 12.3 Å². The molecule has 0 amide bonds. The van der Waals surface area contributed by atoms with Gasteiger partial charge in [0.05, 0.1) is 5.52 Å². The van der Waals surface area contributed by atoms with Crippen LogP contribution in [0.3, 0.4) is 0 Å². The highest BCUT2D eigenvalue weighted by atomic mass is 16.1. The Balaban J connectivity index is 1.66. The molecule has 0 spiro atoms. The number of aromatic nitrogens is 1. The summed E-state index contributed by atoms with van der Waals surface area (Å²) in [4.78, 5) is 18.2. The van der Waals surface area contributed by atoms with Crippen LogP contribution in [0.4, 0.5) is 0 Å². The SMILES string of the molecule is CC(=O)C1CCN(Cc2ccc3ncccc3c2)CC1. The smallest absolute Gasteiger partial charge is 0.133 e. The van der Waals surface area contributed by atoms with Crippen molar-refractivity contribution in [2.75, 3.05) is 13.1 Å². The minimum absolute atomic E-state index is 0.284. The number of benzene rings is 1. The second kappa shape index (κ2) is 5.71. The summed E-state index contributed by atoms with van der Waals surface area (Å²) in [5, 5.41) is 1.20. The lowest BCUT2D eigenvalue weighted by Gasteiger charge is -2.30. The Morgan fingerprint density at radius 3 is 2.85 bits per heavy atom. The number of hydrogen-bond donors (Lipinski definition) is 0. The highest BCUT2D eigenvalue weighted by Gasteiger charge is 2.22. The van der Waals surface area contributed by atoms with E-state index in [4.69, 9.17) is 0 Å². The number of rotatable bonds is 3. The molecule has 104 valence electrons. The highest BCUT2D eigenvalue weighted by molar-refractivity contribution is 5.79. The molecule has 2 aromatic rings. The second-order valence-corrected chi connectivity index (χ2v) is 5.69. The van der Waals surface area contributed by atoms with Gasteiger partial charge in [0.15, 0.2) is 0 Å². The summed E-state index contributed by atoms with van der Waals surface area (Å²) < 4.78 is 0. The molecule has 3 heteroatoms. The summed E-state index contributed by atoms with van der Waals surface area (Å²) in [5.74, 6) is 0.633. The zero-order chi connectivity index (χ0) is 13.9. The van der Waals surface area contributed by atoms with E-state index in [-0.39, 0.29) is 5.92 Å². The van der Waals surface area contributed by atoms with Gasteiger partial charge in [0.25, 0.3) is 0 Å². The Kier molecular flexibility index (Phi) is 3.79. The quantitative estimate of drug-likeness (QED) is 0.858. The molecule has 3 nitrogen and oxygen atoms in total. The zero-order valence-corrected chi connectivity index (χ0v) is 11.9. The van der Waals surface area contributed by atoms with Crippen molar-refractivity contribution in [1.82, 2.24) is 9.88 Å². The molecule has 0 atom stereocenters. The van der Waals surface area contributed by atoms with Gasteiger partial charge in [-0.05, 0) is 56.6 Å². The summed E-state index contributed by atoms with van der Waals surface area (Å²) in [5.41, 5.74) is 2.37. The molecule has 0 unspecified atom stereocenters. The monoisotopic (exact) mass is 268 g/mol. The number of carbonyl (C=O) groups excluding carboxylic acids is 1. The number of fused-ring (bicyclic) bond motifs is 1. The standard InChI is InChI=1S/C17H20N2O/c1-13(20)15-6-9-19(10-7-15)12-14-4-5-17-16(11-14)3-2-8-18-17/h2-5,8,11,15H,6-7,9-10,12H2,1H3. The topological polar surface area (TPSA) is 33.2 Å². The highest BCUT2D eigenvalue weighted by Crippen LogP contribution is 2.21. The first-order valence-corrected chi connectivity index (χ1v) is 7.29. The molecule has 1 aromatic carbocycles. The van der Waals surface area contributed by atoms with Gasteiger partial charge >= 0.3 is 0 Å². The summed E-state index contributed by atoms with van der Waals surface area (Å²) in [6.07, 6.45) is 3.84. The molecule has 20 heavy (non-hydrogen) atoms. The fraction of sp³-hybridized carbons (Fsp3) is 0.412. The molecule has 1 aromatic heterocycles. The van der Waals surface area contributed by atoms with Gasteiger partial charge in [-0.1, -0.05) is 12.1 Å². The summed E-state index contributed by atoms with van der Waals surface area (Å²) in [6, 6.07) is 10.6. The number of carbonyl (C=O) groups is 1. The number of pyridine rings is 1. The fourth-order valence-electron chi connectivity index (χ4n) is 2.98. The Bertz CT molecular complexity index is 615. The summed E-state index contributed by atoms with van der Waals surface area (Å²) in [7, 11) is 0. The van der Waals surface area contributed by atoms with Crippen LogP contribution in [0, 0.1) is 5.92 Å². The van der Waals surface area contributed by atoms with Crippen LogP contribution in [-0.2, 0) is 11.3 Å². The van der Waals surface area contributed by atoms with E-state index >= 15 is 0 Å². The van der Waals surface area contributed by atoms with Crippen molar-refractivity contribution >= 4 is 16.7 Å². The fourth-order valence-corrected chi connectivity index (χ4v) is 2.98. The van der Waals surface area contributed by atoms with Gasteiger partial charge in [0.1, 0.15) is 5.78 Å². The normalized spacial score (nSPS) is 17.4. The predicted octanol–water partition coefficient (Wildman–Crippen LogP) is 3.04. The Labute approximate surface area is 119 Å². The Morgan fingerprint density at radius 1 is 1.30 bits per heavy atom. The molecule has 0 saturated carbocycles. The number of Topliss-reactive ketones (excluding diaryl/α,β-unsaturated/α-hetero) is 1. The molecule has 0 N–H and O–H groups in total. The second-order valence-electron chi connectivity index (χ2n) is 5.69. The Hall–Kier alpha value is -1.74. The van der Waals surface area contributed by atoms with Crippen molar-refractivity contribution in [2.45, 2.75) is 26.3 Å². The first kappa shape index (κ1) is 13.3. The van der Waals surface area contributed by atoms with Gasteiger partial charge in [-0.3, -0.25) is 14.7 Å². The molecule has 1 aliphatic heterocycles. The molecule has 0 radical (unpaired) electrons. The summed E-state index contributed by atoms with van der Waals surface area (Å²) >= 11 is 0. The molecule has 1 saturated heterocycles. The van der Waals surface area contributed by atoms with Gasteiger partial charge in [0.2, 0.25) is 0 Å². The maximum Gasteiger partial charge on any atom is 0.133 e. The van der Waals surface area contributed by atoms with Crippen LogP contribution in [0.15, 0.2) is 36.5 Å². The van der Waals surface area contributed by atoms with Gasteiger partial charge in [-0.25, -0.2) is 0 Å². The van der Waals surface area contributed by atoms with Crippen molar-refractivity contribution in [1.29, 1.82) is 0 Å². The van der Waals surface area contributed by atoms with Crippen LogP contribution < -0.4 is 0 Å². The minimum atomic E-state index is 0.284. The molecule has 1 fully saturated rings. The van der Waals surface area contributed by atoms with E-state index in [9.17, 15) is 4.79 Å². The van der Waals surface area contributed by atoms with Gasteiger partial charge in [-0.15, -0.1) is 0 Å². The van der Waals surface area contributed by atoms with Crippen molar-refractivity contribution in [3.8, 4) is 0 Å². The maximum atomic E-state index is 11.4. The number of nitrogens with zero attached hydrogens (tertiary/aromatic N) is 2. The van der Waals surface area contributed by atoms with E-state index in [0.29, 0.717) is 5.78 Å². The molecule has 3 rings (SSSR count). The first-order chi connectivity index (χ1) is 9.72. The number of ketones is 1. The maximum absolute atomic E-state index is 11.4. The molecule has 0 bridgehead atoms.